The van der Waals surface area contributed by atoms with Gasteiger partial charge >= 0.3 is 0 Å². The molecule has 0 saturated heterocycles. The maximum Gasteiger partial charge on any atom is 0.0639 e. The van der Waals surface area contributed by atoms with Gasteiger partial charge in [0, 0.05) is 24.2 Å². The van der Waals surface area contributed by atoms with Gasteiger partial charge in [-0.15, -0.1) is 0 Å². The van der Waals surface area contributed by atoms with Crippen molar-refractivity contribution >= 4 is 11.6 Å². The van der Waals surface area contributed by atoms with Crippen molar-refractivity contribution in [3.05, 3.63) is 34.9 Å². The summed E-state index contributed by atoms with van der Waals surface area (Å²) < 4.78 is 0. The van der Waals surface area contributed by atoms with Crippen molar-refractivity contribution in [2.24, 2.45) is 5.73 Å². The Kier molecular flexibility index (Phi) is 5.22. The highest BCUT2D eigenvalue weighted by Gasteiger charge is 2.16. The monoisotopic (exact) mass is 242 g/mol. The van der Waals surface area contributed by atoms with E-state index in [2.05, 4.69) is 0 Å². The molecule has 1 rings (SSSR count). The number of aliphatic hydroxyl groups excluding tert-OH is 1. The maximum absolute atomic E-state index is 9.36. The SMILES string of the molecule is CC(O)CN(C)C(CN)c1cccc(Cl)c1. The van der Waals surface area contributed by atoms with Gasteiger partial charge in [0.05, 0.1) is 6.10 Å². The van der Waals surface area contributed by atoms with E-state index in [1.54, 1.807) is 6.92 Å². The molecular formula is C12H19ClN2O. The number of aliphatic hydroxyl groups is 1. The first-order chi connectivity index (χ1) is 7.54. The van der Waals surface area contributed by atoms with Gasteiger partial charge in [-0.25, -0.2) is 0 Å². The fraction of sp³-hybridized carbons (Fsp3) is 0.500. The van der Waals surface area contributed by atoms with Crippen LogP contribution < -0.4 is 5.73 Å². The summed E-state index contributed by atoms with van der Waals surface area (Å²) in [7, 11) is 1.95. The van der Waals surface area contributed by atoms with Crippen molar-refractivity contribution < 1.29 is 5.11 Å². The van der Waals surface area contributed by atoms with E-state index >= 15 is 0 Å². The summed E-state index contributed by atoms with van der Waals surface area (Å²) in [6.07, 6.45) is -0.363. The van der Waals surface area contributed by atoms with Crippen LogP contribution in [0.4, 0.5) is 0 Å². The second-order valence-corrected chi connectivity index (χ2v) is 4.53. The predicted octanol–water partition coefficient (Wildman–Crippen LogP) is 1.65. The van der Waals surface area contributed by atoms with Crippen LogP contribution in [0.2, 0.25) is 5.02 Å². The molecule has 2 atom stereocenters. The molecule has 0 aliphatic rings. The highest BCUT2D eigenvalue weighted by molar-refractivity contribution is 6.30. The molecule has 0 amide bonds. The standard InChI is InChI=1S/C12H19ClN2O/c1-9(16)8-15(2)12(7-14)10-4-3-5-11(13)6-10/h3-6,9,12,16H,7-8,14H2,1-2H3. The zero-order valence-electron chi connectivity index (χ0n) is 9.73. The smallest absolute Gasteiger partial charge is 0.0639 e. The van der Waals surface area contributed by atoms with E-state index in [0.717, 1.165) is 5.56 Å². The van der Waals surface area contributed by atoms with Crippen molar-refractivity contribution in [1.29, 1.82) is 0 Å². The fourth-order valence-electron chi connectivity index (χ4n) is 1.83. The molecule has 0 bridgehead atoms. The van der Waals surface area contributed by atoms with Gasteiger partial charge in [-0.05, 0) is 31.7 Å². The van der Waals surface area contributed by atoms with Gasteiger partial charge < -0.3 is 10.8 Å². The van der Waals surface area contributed by atoms with Crippen LogP contribution in [0.5, 0.6) is 0 Å². The van der Waals surface area contributed by atoms with Gasteiger partial charge in [-0.2, -0.15) is 0 Å². The molecule has 0 aromatic heterocycles. The lowest BCUT2D eigenvalue weighted by Crippen LogP contribution is -2.35. The maximum atomic E-state index is 9.36. The van der Waals surface area contributed by atoms with Crippen LogP contribution in [0.1, 0.15) is 18.5 Å². The average molecular weight is 243 g/mol. The van der Waals surface area contributed by atoms with E-state index < -0.39 is 0 Å². The Labute approximate surface area is 102 Å². The van der Waals surface area contributed by atoms with Crippen LogP contribution in [0, 0.1) is 0 Å². The van der Waals surface area contributed by atoms with Crippen LogP contribution in [0.15, 0.2) is 24.3 Å². The third-order valence-electron chi connectivity index (χ3n) is 2.54. The van der Waals surface area contributed by atoms with Crippen molar-refractivity contribution in [2.75, 3.05) is 20.1 Å². The first-order valence-electron chi connectivity index (χ1n) is 5.38. The third-order valence-corrected chi connectivity index (χ3v) is 2.78. The molecule has 1 aromatic carbocycles. The summed E-state index contributed by atoms with van der Waals surface area (Å²) in [5.41, 5.74) is 6.85. The number of hydrogen-bond acceptors (Lipinski definition) is 3. The highest BCUT2D eigenvalue weighted by Crippen LogP contribution is 2.21. The van der Waals surface area contributed by atoms with Gasteiger partial charge in [0.1, 0.15) is 0 Å². The van der Waals surface area contributed by atoms with E-state index in [1.165, 1.54) is 0 Å². The minimum atomic E-state index is -0.363. The summed E-state index contributed by atoms with van der Waals surface area (Å²) in [6, 6.07) is 7.76. The molecule has 3 nitrogen and oxygen atoms in total. The molecule has 90 valence electrons. The molecule has 0 heterocycles. The molecule has 1 aromatic rings. The largest absolute Gasteiger partial charge is 0.392 e. The lowest BCUT2D eigenvalue weighted by Gasteiger charge is -2.28. The summed E-state index contributed by atoms with van der Waals surface area (Å²) in [6.45, 7) is 2.86. The Hall–Kier alpha value is -0.610. The Morgan fingerprint density at radius 3 is 2.69 bits per heavy atom. The average Bonchev–Trinajstić information content (AvgIpc) is 2.17. The zero-order valence-corrected chi connectivity index (χ0v) is 10.5. The van der Waals surface area contributed by atoms with E-state index in [0.29, 0.717) is 18.1 Å². The molecule has 2 unspecified atom stereocenters. The van der Waals surface area contributed by atoms with E-state index in [4.69, 9.17) is 17.3 Å². The topological polar surface area (TPSA) is 49.5 Å². The van der Waals surface area contributed by atoms with Crippen LogP contribution in [0.25, 0.3) is 0 Å². The van der Waals surface area contributed by atoms with Crippen LogP contribution in [-0.4, -0.2) is 36.2 Å². The normalized spacial score (nSPS) is 15.1. The zero-order chi connectivity index (χ0) is 12.1. The summed E-state index contributed by atoms with van der Waals surface area (Å²) in [5.74, 6) is 0. The van der Waals surface area contributed by atoms with E-state index in [-0.39, 0.29) is 12.1 Å². The lowest BCUT2D eigenvalue weighted by molar-refractivity contribution is 0.119. The molecular weight excluding hydrogens is 224 g/mol. The third kappa shape index (κ3) is 3.76. The Balaban J connectivity index is 2.81. The number of rotatable bonds is 5. The number of hydrogen-bond donors (Lipinski definition) is 2. The van der Waals surface area contributed by atoms with Crippen molar-refractivity contribution in [3.63, 3.8) is 0 Å². The van der Waals surface area contributed by atoms with Gasteiger partial charge in [-0.1, -0.05) is 23.7 Å². The minimum absolute atomic E-state index is 0.0910. The first-order valence-corrected chi connectivity index (χ1v) is 5.76. The van der Waals surface area contributed by atoms with Gasteiger partial charge in [-0.3, -0.25) is 4.90 Å². The van der Waals surface area contributed by atoms with Gasteiger partial charge in [0.15, 0.2) is 0 Å². The molecule has 3 N–H and O–H groups in total. The minimum Gasteiger partial charge on any atom is -0.392 e. The fourth-order valence-corrected chi connectivity index (χ4v) is 2.03. The first kappa shape index (κ1) is 13.5. The summed E-state index contributed by atoms with van der Waals surface area (Å²) in [4.78, 5) is 2.04. The molecule has 16 heavy (non-hydrogen) atoms. The Morgan fingerprint density at radius 2 is 2.19 bits per heavy atom. The number of benzene rings is 1. The van der Waals surface area contributed by atoms with Crippen LogP contribution in [-0.2, 0) is 0 Å². The molecule has 0 aliphatic carbocycles. The number of nitrogens with two attached hydrogens (primary N) is 1. The highest BCUT2D eigenvalue weighted by atomic mass is 35.5. The number of nitrogens with zero attached hydrogens (tertiary/aromatic N) is 1. The second-order valence-electron chi connectivity index (χ2n) is 4.10. The van der Waals surface area contributed by atoms with Crippen molar-refractivity contribution in [1.82, 2.24) is 4.90 Å². The summed E-state index contributed by atoms with van der Waals surface area (Å²) in [5, 5.41) is 10.1. The summed E-state index contributed by atoms with van der Waals surface area (Å²) >= 11 is 5.95. The molecule has 0 radical (unpaired) electrons. The van der Waals surface area contributed by atoms with Crippen LogP contribution in [0.3, 0.4) is 0 Å². The molecule has 4 heteroatoms. The molecule has 0 fully saturated rings. The van der Waals surface area contributed by atoms with E-state index in [1.807, 2.05) is 36.2 Å². The van der Waals surface area contributed by atoms with Crippen LogP contribution >= 0.6 is 11.6 Å². The Morgan fingerprint density at radius 1 is 1.50 bits per heavy atom. The molecule has 0 spiro atoms. The van der Waals surface area contributed by atoms with E-state index in [9.17, 15) is 5.11 Å². The number of likely N-dealkylation sites (N-methyl/N-ethyl adjacent to an activating group) is 1. The van der Waals surface area contributed by atoms with Gasteiger partial charge in [0.2, 0.25) is 0 Å². The lowest BCUT2D eigenvalue weighted by atomic mass is 10.1. The number of halogens is 1. The van der Waals surface area contributed by atoms with Gasteiger partial charge in [0.25, 0.3) is 0 Å². The molecule has 0 aliphatic heterocycles. The predicted molar refractivity (Wildman–Crippen MR) is 67.6 cm³/mol. The van der Waals surface area contributed by atoms with Crippen molar-refractivity contribution in [3.8, 4) is 0 Å². The quantitative estimate of drug-likeness (QED) is 0.826. The second kappa shape index (κ2) is 6.21. The Bertz CT molecular complexity index is 331. The van der Waals surface area contributed by atoms with Crippen molar-refractivity contribution in [2.45, 2.75) is 19.1 Å². The molecule has 0 saturated carbocycles.